The summed E-state index contributed by atoms with van der Waals surface area (Å²) >= 11 is 6.74. The predicted molar refractivity (Wildman–Crippen MR) is 134 cm³/mol. The van der Waals surface area contributed by atoms with Crippen LogP contribution in [-0.4, -0.2) is 40.8 Å². The second-order valence-electron chi connectivity index (χ2n) is 11.2. The molecule has 0 radical (unpaired) electrons. The molecule has 0 spiro atoms. The number of carboxylic acid groups (broad SMARTS) is 1. The standard InChI is InChI=1S/C23H39ClO6Si2/c1-22(2,3)31(8,9)29-16-14-17(30-32(10,11)23(4,5)6)20(24)15(12-13-18(25)26)19(16)21(27)28-7/h14H,12-13H2,1-11H3,(H,25,26). The lowest BCUT2D eigenvalue weighted by atomic mass is 10.0. The van der Waals surface area contributed by atoms with Crippen LogP contribution in [0.2, 0.25) is 41.3 Å². The molecule has 0 heterocycles. The lowest BCUT2D eigenvalue weighted by Gasteiger charge is -2.39. The zero-order chi connectivity index (χ0) is 25.3. The number of ether oxygens (including phenoxy) is 1. The number of esters is 1. The van der Waals surface area contributed by atoms with E-state index in [9.17, 15) is 14.7 Å². The van der Waals surface area contributed by atoms with E-state index in [2.05, 4.69) is 67.7 Å². The Kier molecular flexibility index (Phi) is 8.71. The number of benzene rings is 1. The molecule has 1 aromatic rings. The van der Waals surface area contributed by atoms with Crippen molar-refractivity contribution < 1.29 is 28.3 Å². The summed E-state index contributed by atoms with van der Waals surface area (Å²) in [5.41, 5.74) is 0.553. The molecule has 0 aromatic heterocycles. The van der Waals surface area contributed by atoms with Gasteiger partial charge in [0.25, 0.3) is 16.6 Å². The van der Waals surface area contributed by atoms with Crippen molar-refractivity contribution in [3.63, 3.8) is 0 Å². The summed E-state index contributed by atoms with van der Waals surface area (Å²) in [6.45, 7) is 21.0. The molecule has 0 amide bonds. The minimum Gasteiger partial charge on any atom is -0.543 e. The fourth-order valence-corrected chi connectivity index (χ4v) is 4.85. The highest BCUT2D eigenvalue weighted by atomic mass is 35.5. The Morgan fingerprint density at radius 2 is 1.38 bits per heavy atom. The van der Waals surface area contributed by atoms with Gasteiger partial charge in [-0.3, -0.25) is 4.79 Å². The quantitative estimate of drug-likeness (QED) is 0.307. The van der Waals surface area contributed by atoms with Gasteiger partial charge in [0.15, 0.2) is 0 Å². The third-order valence-electron chi connectivity index (χ3n) is 6.61. The number of carboxylic acids is 1. The molecule has 0 fully saturated rings. The van der Waals surface area contributed by atoms with E-state index in [0.29, 0.717) is 17.1 Å². The maximum absolute atomic E-state index is 12.8. The molecule has 1 N–H and O–H groups in total. The molecule has 1 rings (SSSR count). The first-order valence-corrected chi connectivity index (χ1v) is 17.0. The Labute approximate surface area is 199 Å². The average molecular weight is 503 g/mol. The van der Waals surface area contributed by atoms with Crippen LogP contribution < -0.4 is 8.85 Å². The SMILES string of the molecule is COC(=O)c1c(O[Si](C)(C)C(C)(C)C)cc(O[Si](C)(C)C(C)(C)C)c(Cl)c1CCC(=O)O. The minimum absolute atomic E-state index is 0.0567. The van der Waals surface area contributed by atoms with Gasteiger partial charge < -0.3 is 18.7 Å². The summed E-state index contributed by atoms with van der Waals surface area (Å²) in [6.07, 6.45) is -0.131. The van der Waals surface area contributed by atoms with E-state index in [1.807, 2.05) is 0 Å². The average Bonchev–Trinajstić information content (AvgIpc) is 2.59. The van der Waals surface area contributed by atoms with Crippen molar-refractivity contribution in [1.82, 2.24) is 0 Å². The number of hydrogen-bond acceptors (Lipinski definition) is 5. The van der Waals surface area contributed by atoms with Crippen molar-refractivity contribution in [2.75, 3.05) is 7.11 Å². The lowest BCUT2D eigenvalue weighted by Crippen LogP contribution is -2.45. The monoisotopic (exact) mass is 502 g/mol. The Hall–Kier alpha value is -1.52. The van der Waals surface area contributed by atoms with Gasteiger partial charge >= 0.3 is 11.9 Å². The molecule has 0 aliphatic carbocycles. The summed E-state index contributed by atoms with van der Waals surface area (Å²) in [4.78, 5) is 24.1. The van der Waals surface area contributed by atoms with Crippen molar-refractivity contribution in [3.05, 3.63) is 22.2 Å². The number of aliphatic carboxylic acids is 1. The van der Waals surface area contributed by atoms with Gasteiger partial charge in [0.1, 0.15) is 17.1 Å². The number of carbonyl (C=O) groups is 2. The maximum atomic E-state index is 12.8. The van der Waals surface area contributed by atoms with Gasteiger partial charge in [-0.25, -0.2) is 4.79 Å². The topological polar surface area (TPSA) is 82.1 Å². The fourth-order valence-electron chi connectivity index (χ4n) is 2.47. The van der Waals surface area contributed by atoms with Crippen LogP contribution in [0.25, 0.3) is 0 Å². The molecule has 9 heteroatoms. The molecule has 0 saturated carbocycles. The fraction of sp³-hybridized carbons (Fsp3) is 0.652. The van der Waals surface area contributed by atoms with Gasteiger partial charge in [-0.1, -0.05) is 53.1 Å². The summed E-state index contributed by atoms with van der Waals surface area (Å²) in [5.74, 6) is -0.846. The van der Waals surface area contributed by atoms with E-state index >= 15 is 0 Å². The molecule has 6 nitrogen and oxygen atoms in total. The molecule has 0 bridgehead atoms. The van der Waals surface area contributed by atoms with Gasteiger partial charge in [-0.15, -0.1) is 0 Å². The predicted octanol–water partition coefficient (Wildman–Crippen LogP) is 6.91. The van der Waals surface area contributed by atoms with Crippen molar-refractivity contribution in [1.29, 1.82) is 0 Å². The largest absolute Gasteiger partial charge is 0.543 e. The van der Waals surface area contributed by atoms with Crippen LogP contribution in [0.1, 0.15) is 63.9 Å². The number of halogens is 1. The molecule has 0 unspecified atom stereocenters. The van der Waals surface area contributed by atoms with E-state index in [0.717, 1.165) is 0 Å². The molecular weight excluding hydrogens is 464 g/mol. The highest BCUT2D eigenvalue weighted by Crippen LogP contribution is 2.46. The van der Waals surface area contributed by atoms with Crippen LogP contribution in [0, 0.1) is 0 Å². The third kappa shape index (κ3) is 6.51. The molecule has 1 aromatic carbocycles. The zero-order valence-electron chi connectivity index (χ0n) is 21.4. The number of hydrogen-bond donors (Lipinski definition) is 1. The second-order valence-corrected chi connectivity index (χ2v) is 21.0. The first-order valence-electron chi connectivity index (χ1n) is 10.8. The second kappa shape index (κ2) is 9.77. The number of methoxy groups -OCH3 is 1. The number of rotatable bonds is 8. The highest BCUT2D eigenvalue weighted by molar-refractivity contribution is 6.75. The van der Waals surface area contributed by atoms with Gasteiger partial charge in [-0.05, 0) is 48.2 Å². The van der Waals surface area contributed by atoms with Crippen molar-refractivity contribution in [3.8, 4) is 11.5 Å². The van der Waals surface area contributed by atoms with Gasteiger partial charge in [0.2, 0.25) is 0 Å². The highest BCUT2D eigenvalue weighted by Gasteiger charge is 2.42. The summed E-state index contributed by atoms with van der Waals surface area (Å²) in [7, 11) is -3.34. The molecule has 182 valence electrons. The molecular formula is C23H39ClO6Si2. The first kappa shape index (κ1) is 28.5. The van der Waals surface area contributed by atoms with E-state index < -0.39 is 28.6 Å². The Bertz CT molecular complexity index is 867. The van der Waals surface area contributed by atoms with Crippen molar-refractivity contribution in [2.45, 2.75) is 90.6 Å². The van der Waals surface area contributed by atoms with Gasteiger partial charge in [-0.2, -0.15) is 0 Å². The van der Waals surface area contributed by atoms with E-state index in [1.54, 1.807) is 6.07 Å². The van der Waals surface area contributed by atoms with Crippen LogP contribution in [-0.2, 0) is 16.0 Å². The van der Waals surface area contributed by atoms with Crippen LogP contribution >= 0.6 is 11.6 Å². The molecule has 0 aliphatic heterocycles. The first-order chi connectivity index (χ1) is 14.2. The Morgan fingerprint density at radius 1 is 0.938 bits per heavy atom. The minimum atomic E-state index is -2.35. The summed E-state index contributed by atoms with van der Waals surface area (Å²) in [6, 6.07) is 1.68. The molecule has 0 aliphatic rings. The third-order valence-corrected chi connectivity index (χ3v) is 15.7. The smallest absolute Gasteiger partial charge is 0.341 e. The Morgan fingerprint density at radius 3 is 1.75 bits per heavy atom. The normalized spacial score (nSPS) is 13.0. The zero-order valence-corrected chi connectivity index (χ0v) is 24.1. The van der Waals surface area contributed by atoms with Crippen LogP contribution in [0.15, 0.2) is 6.07 Å². The molecule has 0 atom stereocenters. The summed E-state index contributed by atoms with van der Waals surface area (Å²) in [5, 5.41) is 9.30. The maximum Gasteiger partial charge on any atom is 0.341 e. The van der Waals surface area contributed by atoms with E-state index in [4.69, 9.17) is 25.2 Å². The lowest BCUT2D eigenvalue weighted by molar-refractivity contribution is -0.136. The summed E-state index contributed by atoms with van der Waals surface area (Å²) < 4.78 is 18.1. The number of carbonyl (C=O) groups excluding carboxylic acids is 1. The van der Waals surface area contributed by atoms with Crippen molar-refractivity contribution in [2.24, 2.45) is 0 Å². The van der Waals surface area contributed by atoms with Gasteiger partial charge in [0, 0.05) is 12.5 Å². The van der Waals surface area contributed by atoms with Crippen LogP contribution in [0.5, 0.6) is 11.5 Å². The van der Waals surface area contributed by atoms with E-state index in [1.165, 1.54) is 7.11 Å². The van der Waals surface area contributed by atoms with Crippen molar-refractivity contribution >= 4 is 40.2 Å². The molecule has 32 heavy (non-hydrogen) atoms. The molecule has 0 saturated heterocycles. The van der Waals surface area contributed by atoms with Crippen LogP contribution in [0.3, 0.4) is 0 Å². The van der Waals surface area contributed by atoms with Gasteiger partial charge in [0.05, 0.1) is 12.1 Å². The Balaban J connectivity index is 3.85. The van der Waals surface area contributed by atoms with Crippen LogP contribution in [0.4, 0.5) is 0 Å². The van der Waals surface area contributed by atoms with E-state index in [-0.39, 0.29) is 33.5 Å².